The zero-order valence-electron chi connectivity index (χ0n) is 17.3. The van der Waals surface area contributed by atoms with Crippen molar-refractivity contribution in [1.82, 2.24) is 10.2 Å². The summed E-state index contributed by atoms with van der Waals surface area (Å²) in [6.07, 6.45) is 2.22. The van der Waals surface area contributed by atoms with E-state index in [9.17, 15) is 14.0 Å². The van der Waals surface area contributed by atoms with E-state index < -0.39 is 0 Å². The lowest BCUT2D eigenvalue weighted by molar-refractivity contribution is -0.121. The van der Waals surface area contributed by atoms with Crippen LogP contribution in [0.15, 0.2) is 39.9 Å². The van der Waals surface area contributed by atoms with Gasteiger partial charge in [-0.25, -0.2) is 4.39 Å². The third kappa shape index (κ3) is 4.07. The van der Waals surface area contributed by atoms with Crippen LogP contribution in [0.25, 0.3) is 0 Å². The maximum absolute atomic E-state index is 13.4. The predicted octanol–water partition coefficient (Wildman–Crippen LogP) is 5.34. The highest BCUT2D eigenvalue weighted by Gasteiger charge is 2.45. The van der Waals surface area contributed by atoms with Crippen molar-refractivity contribution in [1.29, 1.82) is 0 Å². The Morgan fingerprint density at radius 3 is 2.63 bits per heavy atom. The second kappa shape index (κ2) is 8.23. The van der Waals surface area contributed by atoms with Crippen molar-refractivity contribution in [2.75, 3.05) is 10.7 Å². The number of thioether (sulfide) groups is 1. The highest BCUT2D eigenvalue weighted by atomic mass is 32.2. The number of hydrogen-bond acceptors (Lipinski definition) is 6. The Kier molecular flexibility index (Phi) is 5.81. The van der Waals surface area contributed by atoms with E-state index in [1.54, 1.807) is 28.8 Å². The Labute approximate surface area is 183 Å². The number of rotatable bonds is 5. The first-order valence-electron chi connectivity index (χ1n) is 10.1. The second-order valence-corrected chi connectivity index (χ2v) is 10.8. The van der Waals surface area contributed by atoms with Crippen LogP contribution in [0.5, 0.6) is 0 Å². The minimum absolute atomic E-state index is 0.0539. The third-order valence-electron chi connectivity index (χ3n) is 5.43. The Hall–Kier alpha value is -2.06. The molecule has 0 radical (unpaired) electrons. The quantitative estimate of drug-likeness (QED) is 0.459. The summed E-state index contributed by atoms with van der Waals surface area (Å²) in [5, 5.41) is 9.03. The number of hydrogen-bond donors (Lipinski definition) is 0. The highest BCUT2D eigenvalue weighted by Crippen LogP contribution is 2.48. The van der Waals surface area contributed by atoms with Crippen molar-refractivity contribution < 1.29 is 14.0 Å². The van der Waals surface area contributed by atoms with Crippen LogP contribution in [0.3, 0.4) is 0 Å². The predicted molar refractivity (Wildman–Crippen MR) is 117 cm³/mol. The summed E-state index contributed by atoms with van der Waals surface area (Å²) in [6.45, 7) is 6.19. The van der Waals surface area contributed by atoms with Crippen molar-refractivity contribution in [3.8, 4) is 0 Å². The number of allylic oxidation sites excluding steroid dienone is 2. The molecule has 0 saturated heterocycles. The number of nitrogens with zero attached hydrogens (tertiary/aromatic N) is 3. The van der Waals surface area contributed by atoms with Gasteiger partial charge in [-0.05, 0) is 36.0 Å². The highest BCUT2D eigenvalue weighted by molar-refractivity contribution is 8.01. The van der Waals surface area contributed by atoms with E-state index in [4.69, 9.17) is 0 Å². The summed E-state index contributed by atoms with van der Waals surface area (Å²) >= 11 is 3.01. The van der Waals surface area contributed by atoms with E-state index in [0.717, 1.165) is 27.8 Å². The minimum Gasteiger partial charge on any atom is -0.294 e. The molecule has 0 saturated carbocycles. The van der Waals surface area contributed by atoms with E-state index in [1.165, 1.54) is 23.5 Å². The second-order valence-electron chi connectivity index (χ2n) is 8.54. The first kappa shape index (κ1) is 21.2. The van der Waals surface area contributed by atoms with Gasteiger partial charge in [0, 0.05) is 35.8 Å². The van der Waals surface area contributed by atoms with Gasteiger partial charge in [0.15, 0.2) is 10.1 Å². The normalized spacial score (nSPS) is 21.2. The standard InChI is InChI=1S/C22H24FN3O2S2/c1-4-9-29-21-25-24-20(30-21)26-16-11-22(2,3)12-17(27)19(16)15(10-18(26)28)13-5-7-14(23)8-6-13/h5-8,15H,4,9-12H2,1-3H3/t15-/m0/s1. The zero-order valence-corrected chi connectivity index (χ0v) is 18.9. The molecule has 1 amide bonds. The molecule has 0 spiro atoms. The summed E-state index contributed by atoms with van der Waals surface area (Å²) in [5.74, 6) is 0.206. The molecule has 1 aliphatic carbocycles. The van der Waals surface area contributed by atoms with Gasteiger partial charge in [0.25, 0.3) is 0 Å². The number of halogens is 1. The number of anilines is 1. The molecule has 0 bridgehead atoms. The smallest absolute Gasteiger partial charge is 0.234 e. The maximum atomic E-state index is 13.4. The van der Waals surface area contributed by atoms with Gasteiger partial charge < -0.3 is 0 Å². The minimum atomic E-state index is -0.352. The van der Waals surface area contributed by atoms with Crippen LogP contribution in [0, 0.1) is 11.2 Å². The van der Waals surface area contributed by atoms with Crippen LogP contribution >= 0.6 is 23.1 Å². The fraction of sp³-hybridized carbons (Fsp3) is 0.455. The van der Waals surface area contributed by atoms with Gasteiger partial charge in [0.2, 0.25) is 11.0 Å². The molecule has 1 aromatic heterocycles. The number of aromatic nitrogens is 2. The molecule has 2 aliphatic rings. The van der Waals surface area contributed by atoms with Crippen molar-refractivity contribution in [2.24, 2.45) is 5.41 Å². The van der Waals surface area contributed by atoms with Crippen LogP contribution in [-0.4, -0.2) is 27.6 Å². The molecule has 30 heavy (non-hydrogen) atoms. The molecule has 2 heterocycles. The first-order chi connectivity index (χ1) is 14.3. The fourth-order valence-corrected chi connectivity index (χ4v) is 5.97. The van der Waals surface area contributed by atoms with E-state index in [1.807, 2.05) is 13.8 Å². The van der Waals surface area contributed by atoms with E-state index in [0.29, 0.717) is 23.5 Å². The molecule has 0 fully saturated rings. The summed E-state index contributed by atoms with van der Waals surface area (Å²) in [6, 6.07) is 6.10. The van der Waals surface area contributed by atoms with Gasteiger partial charge in [0.05, 0.1) is 0 Å². The maximum Gasteiger partial charge on any atom is 0.234 e. The molecule has 158 valence electrons. The first-order valence-corrected chi connectivity index (χ1v) is 11.9. The van der Waals surface area contributed by atoms with Crippen molar-refractivity contribution in [3.05, 3.63) is 46.9 Å². The van der Waals surface area contributed by atoms with Crippen molar-refractivity contribution in [2.45, 2.75) is 56.7 Å². The zero-order chi connectivity index (χ0) is 21.5. The summed E-state index contributed by atoms with van der Waals surface area (Å²) < 4.78 is 14.3. The van der Waals surface area contributed by atoms with Crippen LogP contribution in [0.2, 0.25) is 0 Å². The molecule has 1 aliphatic heterocycles. The Bertz CT molecular complexity index is 1010. The Morgan fingerprint density at radius 2 is 1.93 bits per heavy atom. The van der Waals surface area contributed by atoms with Crippen LogP contribution in [0.1, 0.15) is 57.9 Å². The molecular weight excluding hydrogens is 421 g/mol. The number of amides is 1. The lowest BCUT2D eigenvalue weighted by Gasteiger charge is -2.41. The third-order valence-corrected chi connectivity index (χ3v) is 7.68. The molecule has 4 rings (SSSR count). The summed E-state index contributed by atoms with van der Waals surface area (Å²) in [4.78, 5) is 28.1. The van der Waals surface area contributed by atoms with Gasteiger partial charge in [0.1, 0.15) is 5.82 Å². The van der Waals surface area contributed by atoms with Gasteiger partial charge in [-0.2, -0.15) is 0 Å². The lowest BCUT2D eigenvalue weighted by atomic mass is 9.69. The topological polar surface area (TPSA) is 63.2 Å². The molecule has 0 unspecified atom stereocenters. The van der Waals surface area contributed by atoms with Gasteiger partial charge in [-0.1, -0.05) is 56.0 Å². The van der Waals surface area contributed by atoms with Crippen LogP contribution in [-0.2, 0) is 9.59 Å². The van der Waals surface area contributed by atoms with Gasteiger partial charge >= 0.3 is 0 Å². The van der Waals surface area contributed by atoms with Crippen molar-refractivity contribution >= 4 is 39.9 Å². The van der Waals surface area contributed by atoms with E-state index in [-0.39, 0.29) is 35.3 Å². The van der Waals surface area contributed by atoms with E-state index in [2.05, 4.69) is 17.1 Å². The lowest BCUT2D eigenvalue weighted by Crippen LogP contribution is -2.43. The average molecular weight is 446 g/mol. The molecule has 1 atom stereocenters. The number of benzene rings is 1. The van der Waals surface area contributed by atoms with Crippen LogP contribution < -0.4 is 4.90 Å². The molecule has 5 nitrogen and oxygen atoms in total. The van der Waals surface area contributed by atoms with Crippen LogP contribution in [0.4, 0.5) is 9.52 Å². The fourth-order valence-electron chi connectivity index (χ4n) is 4.16. The molecule has 0 N–H and O–H groups in total. The molecule has 1 aromatic carbocycles. The summed E-state index contributed by atoms with van der Waals surface area (Å²) in [7, 11) is 0. The monoisotopic (exact) mass is 445 g/mol. The Balaban J connectivity index is 1.80. The number of carbonyl (C=O) groups excluding carboxylic acids is 2. The molecule has 2 aromatic rings. The molecular formula is C22H24FN3O2S2. The average Bonchev–Trinajstić information content (AvgIpc) is 3.13. The Morgan fingerprint density at radius 1 is 1.20 bits per heavy atom. The number of ketones is 1. The largest absolute Gasteiger partial charge is 0.294 e. The summed E-state index contributed by atoms with van der Waals surface area (Å²) in [5.41, 5.74) is 1.94. The molecule has 8 heteroatoms. The SMILES string of the molecule is CCCSc1nnc(N2C(=O)C[C@@H](c3ccc(F)cc3)C3=C2CC(C)(C)CC3=O)s1. The number of Topliss-reactive ketones (excluding diaryl/α,β-unsaturated/α-hetero) is 1. The van der Waals surface area contributed by atoms with Gasteiger partial charge in [-0.3, -0.25) is 14.5 Å². The van der Waals surface area contributed by atoms with Gasteiger partial charge in [-0.15, -0.1) is 10.2 Å². The van der Waals surface area contributed by atoms with Crippen molar-refractivity contribution in [3.63, 3.8) is 0 Å². The van der Waals surface area contributed by atoms with E-state index >= 15 is 0 Å². The number of carbonyl (C=O) groups is 2.